The molecule has 0 atom stereocenters. The van der Waals surface area contributed by atoms with Gasteiger partial charge < -0.3 is 4.74 Å². The van der Waals surface area contributed by atoms with Gasteiger partial charge in [-0.25, -0.2) is 0 Å². The van der Waals surface area contributed by atoms with Gasteiger partial charge in [0, 0.05) is 11.9 Å². The molecule has 1 aromatic heterocycles. The number of aryl methyl sites for hydroxylation is 3. The Balaban J connectivity index is 1.80. The quantitative estimate of drug-likeness (QED) is 0.608. The average Bonchev–Trinajstić information content (AvgIpc) is 2.56. The highest BCUT2D eigenvalue weighted by Crippen LogP contribution is 2.14. The Morgan fingerprint density at radius 1 is 0.818 bits per heavy atom. The molecule has 0 N–H and O–H groups in total. The number of ether oxygens (including phenoxy) is 1. The van der Waals surface area contributed by atoms with Crippen LogP contribution in [0.2, 0.25) is 0 Å². The fourth-order valence-corrected chi connectivity index (χ4v) is 2.40. The van der Waals surface area contributed by atoms with Gasteiger partial charge in [0.1, 0.15) is 5.75 Å². The van der Waals surface area contributed by atoms with Gasteiger partial charge in [-0.3, -0.25) is 4.98 Å². The molecule has 0 radical (unpaired) electrons. The van der Waals surface area contributed by atoms with E-state index in [0.717, 1.165) is 38.0 Å². The van der Waals surface area contributed by atoms with Gasteiger partial charge in [0.25, 0.3) is 0 Å². The summed E-state index contributed by atoms with van der Waals surface area (Å²) in [6, 6.07) is 12.8. The molecule has 1 heterocycles. The standard InChI is InChI=1S/C20H27NO/c1-3-5-15-22-20-13-9-17(10-14-20)7-11-19-12-8-18(6-4-2)16-21-19/h8-10,12-14,16H,3-7,11,15H2,1-2H3. The van der Waals surface area contributed by atoms with Gasteiger partial charge in [-0.2, -0.15) is 0 Å². The van der Waals surface area contributed by atoms with E-state index in [-0.39, 0.29) is 0 Å². The molecule has 2 heteroatoms. The van der Waals surface area contributed by atoms with E-state index in [1.54, 1.807) is 0 Å². The molecule has 0 aliphatic rings. The summed E-state index contributed by atoms with van der Waals surface area (Å²) in [5, 5.41) is 0. The molecular weight excluding hydrogens is 270 g/mol. The molecule has 0 unspecified atom stereocenters. The zero-order chi connectivity index (χ0) is 15.6. The maximum Gasteiger partial charge on any atom is 0.119 e. The third-order valence-corrected chi connectivity index (χ3v) is 3.78. The molecule has 0 saturated carbocycles. The van der Waals surface area contributed by atoms with Crippen LogP contribution in [0.4, 0.5) is 0 Å². The summed E-state index contributed by atoms with van der Waals surface area (Å²) < 4.78 is 5.69. The lowest BCUT2D eigenvalue weighted by molar-refractivity contribution is 0.309. The minimum atomic E-state index is 0.809. The van der Waals surface area contributed by atoms with Gasteiger partial charge >= 0.3 is 0 Å². The normalized spacial score (nSPS) is 10.6. The Morgan fingerprint density at radius 2 is 1.59 bits per heavy atom. The molecule has 0 spiro atoms. The second-order valence-corrected chi connectivity index (χ2v) is 5.75. The molecule has 0 bridgehead atoms. The van der Waals surface area contributed by atoms with E-state index in [0.29, 0.717) is 0 Å². The van der Waals surface area contributed by atoms with Crippen molar-refractivity contribution in [3.63, 3.8) is 0 Å². The summed E-state index contributed by atoms with van der Waals surface area (Å²) in [5.74, 6) is 0.972. The summed E-state index contributed by atoms with van der Waals surface area (Å²) in [4.78, 5) is 4.56. The van der Waals surface area contributed by atoms with Crippen molar-refractivity contribution in [1.29, 1.82) is 0 Å². The first-order chi connectivity index (χ1) is 10.8. The van der Waals surface area contributed by atoms with E-state index in [2.05, 4.69) is 55.2 Å². The fraction of sp³-hybridized carbons (Fsp3) is 0.450. The number of benzene rings is 1. The summed E-state index contributed by atoms with van der Waals surface area (Å²) >= 11 is 0. The molecule has 0 saturated heterocycles. The van der Waals surface area contributed by atoms with Crippen molar-refractivity contribution >= 4 is 0 Å². The zero-order valence-corrected chi connectivity index (χ0v) is 13.8. The zero-order valence-electron chi connectivity index (χ0n) is 13.8. The number of aromatic nitrogens is 1. The highest BCUT2D eigenvalue weighted by molar-refractivity contribution is 5.28. The highest BCUT2D eigenvalue weighted by Gasteiger charge is 1.99. The van der Waals surface area contributed by atoms with Crippen LogP contribution in [0.15, 0.2) is 42.6 Å². The van der Waals surface area contributed by atoms with Gasteiger partial charge in [0.15, 0.2) is 0 Å². The second-order valence-electron chi connectivity index (χ2n) is 5.75. The first-order valence-corrected chi connectivity index (χ1v) is 8.47. The van der Waals surface area contributed by atoms with Crippen molar-refractivity contribution in [3.05, 3.63) is 59.4 Å². The summed E-state index contributed by atoms with van der Waals surface area (Å²) in [7, 11) is 0. The van der Waals surface area contributed by atoms with Gasteiger partial charge in [-0.05, 0) is 55.0 Å². The predicted molar refractivity (Wildman–Crippen MR) is 92.5 cm³/mol. The number of hydrogen-bond donors (Lipinski definition) is 0. The Kier molecular flexibility index (Phi) is 6.95. The lowest BCUT2D eigenvalue weighted by atomic mass is 10.1. The summed E-state index contributed by atoms with van der Waals surface area (Å²) in [5.41, 5.74) is 3.84. The van der Waals surface area contributed by atoms with E-state index in [1.165, 1.54) is 29.7 Å². The predicted octanol–water partition coefficient (Wildman–Crippen LogP) is 5.00. The van der Waals surface area contributed by atoms with E-state index >= 15 is 0 Å². The smallest absolute Gasteiger partial charge is 0.119 e. The maximum absolute atomic E-state index is 5.69. The minimum Gasteiger partial charge on any atom is -0.494 e. The van der Waals surface area contributed by atoms with Gasteiger partial charge in [0.05, 0.1) is 6.61 Å². The molecule has 1 aromatic carbocycles. The van der Waals surface area contributed by atoms with Crippen LogP contribution in [0.5, 0.6) is 5.75 Å². The monoisotopic (exact) mass is 297 g/mol. The lowest BCUT2D eigenvalue weighted by Gasteiger charge is -2.07. The molecule has 0 aliphatic carbocycles. The van der Waals surface area contributed by atoms with E-state index in [1.807, 2.05) is 6.20 Å². The van der Waals surface area contributed by atoms with Crippen LogP contribution in [-0.2, 0) is 19.3 Å². The molecule has 0 aliphatic heterocycles. The molecular formula is C20H27NO. The molecule has 2 nitrogen and oxygen atoms in total. The van der Waals surface area contributed by atoms with Crippen molar-refractivity contribution in [2.24, 2.45) is 0 Å². The Morgan fingerprint density at radius 3 is 2.23 bits per heavy atom. The fourth-order valence-electron chi connectivity index (χ4n) is 2.40. The van der Waals surface area contributed by atoms with Crippen LogP contribution in [0.1, 0.15) is 49.9 Å². The lowest BCUT2D eigenvalue weighted by Crippen LogP contribution is -1.98. The third-order valence-electron chi connectivity index (χ3n) is 3.78. The summed E-state index contributed by atoms with van der Waals surface area (Å²) in [6.45, 7) is 5.18. The number of unbranched alkanes of at least 4 members (excludes halogenated alkanes) is 1. The van der Waals surface area contributed by atoms with Crippen LogP contribution in [0.3, 0.4) is 0 Å². The number of pyridine rings is 1. The number of hydrogen-bond acceptors (Lipinski definition) is 2. The minimum absolute atomic E-state index is 0.809. The maximum atomic E-state index is 5.69. The first kappa shape index (κ1) is 16.5. The number of rotatable bonds is 9. The summed E-state index contributed by atoms with van der Waals surface area (Å²) in [6.07, 6.45) is 8.60. The Hall–Kier alpha value is -1.83. The van der Waals surface area contributed by atoms with Crippen molar-refractivity contribution in [2.75, 3.05) is 6.61 Å². The van der Waals surface area contributed by atoms with Crippen LogP contribution in [0, 0.1) is 0 Å². The second kappa shape index (κ2) is 9.24. The van der Waals surface area contributed by atoms with Crippen LogP contribution < -0.4 is 4.74 Å². The van der Waals surface area contributed by atoms with Crippen LogP contribution >= 0.6 is 0 Å². The molecule has 118 valence electrons. The van der Waals surface area contributed by atoms with Crippen molar-refractivity contribution in [2.45, 2.75) is 52.4 Å². The SMILES string of the molecule is CCCCOc1ccc(CCc2ccc(CCC)cn2)cc1. The third kappa shape index (κ3) is 5.51. The molecule has 0 fully saturated rings. The molecule has 0 amide bonds. The molecule has 2 aromatic rings. The van der Waals surface area contributed by atoms with Gasteiger partial charge in [-0.1, -0.05) is 44.9 Å². The van der Waals surface area contributed by atoms with Crippen LogP contribution in [0.25, 0.3) is 0 Å². The van der Waals surface area contributed by atoms with E-state index in [9.17, 15) is 0 Å². The number of nitrogens with zero attached hydrogens (tertiary/aromatic N) is 1. The average molecular weight is 297 g/mol. The first-order valence-electron chi connectivity index (χ1n) is 8.47. The van der Waals surface area contributed by atoms with Crippen molar-refractivity contribution in [1.82, 2.24) is 4.98 Å². The topological polar surface area (TPSA) is 22.1 Å². The van der Waals surface area contributed by atoms with Crippen LogP contribution in [-0.4, -0.2) is 11.6 Å². The van der Waals surface area contributed by atoms with Gasteiger partial charge in [0.2, 0.25) is 0 Å². The van der Waals surface area contributed by atoms with E-state index < -0.39 is 0 Å². The largest absolute Gasteiger partial charge is 0.494 e. The van der Waals surface area contributed by atoms with Gasteiger partial charge in [-0.15, -0.1) is 0 Å². The van der Waals surface area contributed by atoms with Crippen molar-refractivity contribution in [3.8, 4) is 5.75 Å². The van der Waals surface area contributed by atoms with E-state index in [4.69, 9.17) is 4.74 Å². The molecule has 2 rings (SSSR count). The Labute approximate surface area is 134 Å². The Bertz CT molecular complexity index is 531. The molecule has 22 heavy (non-hydrogen) atoms. The highest BCUT2D eigenvalue weighted by atomic mass is 16.5. The van der Waals surface area contributed by atoms with Crippen molar-refractivity contribution < 1.29 is 4.74 Å².